The largest absolute Gasteiger partial charge is 0.353 e. The van der Waals surface area contributed by atoms with E-state index in [1.165, 1.54) is 0 Å². The van der Waals surface area contributed by atoms with Crippen LogP contribution in [0.2, 0.25) is 0 Å². The molecule has 6 heteroatoms. The molecule has 2 rings (SSSR count). The van der Waals surface area contributed by atoms with Crippen molar-refractivity contribution in [1.29, 1.82) is 0 Å². The van der Waals surface area contributed by atoms with Crippen LogP contribution in [0, 0.1) is 6.92 Å². The lowest BCUT2D eigenvalue weighted by Gasteiger charge is -2.18. The van der Waals surface area contributed by atoms with Crippen molar-refractivity contribution in [2.45, 2.75) is 19.9 Å². The van der Waals surface area contributed by atoms with Crippen LogP contribution in [0.3, 0.4) is 0 Å². The second-order valence-electron chi connectivity index (χ2n) is 5.01. The summed E-state index contributed by atoms with van der Waals surface area (Å²) >= 11 is 0. The van der Waals surface area contributed by atoms with Gasteiger partial charge in [0.05, 0.1) is 19.3 Å². The van der Waals surface area contributed by atoms with Crippen LogP contribution < -0.4 is 10.6 Å². The lowest BCUT2D eigenvalue weighted by Crippen LogP contribution is -2.39. The highest BCUT2D eigenvalue weighted by Crippen LogP contribution is 1.95. The van der Waals surface area contributed by atoms with Gasteiger partial charge in [-0.25, -0.2) is 0 Å². The number of carbonyl (C=O) groups is 1. The molecule has 19 heavy (non-hydrogen) atoms. The van der Waals surface area contributed by atoms with Gasteiger partial charge in [0.15, 0.2) is 0 Å². The Kier molecular flexibility index (Phi) is 5.35. The van der Waals surface area contributed by atoms with Crippen molar-refractivity contribution in [2.75, 3.05) is 39.3 Å². The molecule has 1 fully saturated rings. The summed E-state index contributed by atoms with van der Waals surface area (Å²) in [6.07, 6.45) is 4.92. The molecule has 1 aromatic heterocycles. The normalized spacial score (nSPS) is 17.1. The number of hydrogen-bond acceptors (Lipinski definition) is 4. The first-order chi connectivity index (χ1) is 9.24. The van der Waals surface area contributed by atoms with Gasteiger partial charge < -0.3 is 10.6 Å². The van der Waals surface area contributed by atoms with E-state index in [9.17, 15) is 4.79 Å². The molecular weight excluding hydrogens is 242 g/mol. The Morgan fingerprint density at radius 1 is 1.47 bits per heavy atom. The third-order valence-electron chi connectivity index (χ3n) is 3.23. The van der Waals surface area contributed by atoms with E-state index in [0.29, 0.717) is 13.1 Å². The Labute approximate surface area is 114 Å². The zero-order valence-corrected chi connectivity index (χ0v) is 11.6. The predicted octanol–water partition coefficient (Wildman–Crippen LogP) is -0.397. The second-order valence-corrected chi connectivity index (χ2v) is 5.01. The molecule has 0 bridgehead atoms. The molecule has 1 aromatic rings. The minimum Gasteiger partial charge on any atom is -0.353 e. The predicted molar refractivity (Wildman–Crippen MR) is 73.9 cm³/mol. The number of amides is 1. The molecule has 106 valence electrons. The van der Waals surface area contributed by atoms with Crippen molar-refractivity contribution in [3.05, 3.63) is 18.0 Å². The van der Waals surface area contributed by atoms with Gasteiger partial charge in [0.1, 0.15) is 0 Å². The minimum atomic E-state index is 0.103. The molecular formula is C13H23N5O. The first-order valence-corrected chi connectivity index (χ1v) is 6.93. The third kappa shape index (κ3) is 5.00. The van der Waals surface area contributed by atoms with Crippen LogP contribution in [0.25, 0.3) is 0 Å². The Balaban J connectivity index is 1.63. The number of nitrogens with zero attached hydrogens (tertiary/aromatic N) is 3. The van der Waals surface area contributed by atoms with E-state index < -0.39 is 0 Å². The molecule has 0 unspecified atom stereocenters. The molecule has 1 amide bonds. The standard InChI is InChI=1S/C13H23N5O/c1-12-9-16-18(10-12)8-5-15-13(19)11-17-6-2-3-14-4-7-17/h9-10,14H,2-8,11H2,1H3,(H,15,19). The van der Waals surface area contributed by atoms with Gasteiger partial charge in [-0.2, -0.15) is 5.10 Å². The van der Waals surface area contributed by atoms with Crippen molar-refractivity contribution in [3.63, 3.8) is 0 Å². The number of carbonyl (C=O) groups excluding carboxylic acids is 1. The molecule has 6 nitrogen and oxygen atoms in total. The highest BCUT2D eigenvalue weighted by Gasteiger charge is 2.12. The zero-order chi connectivity index (χ0) is 13.5. The maximum absolute atomic E-state index is 11.8. The lowest BCUT2D eigenvalue weighted by molar-refractivity contribution is -0.122. The Hall–Kier alpha value is -1.40. The molecule has 0 radical (unpaired) electrons. The third-order valence-corrected chi connectivity index (χ3v) is 3.23. The molecule has 1 saturated heterocycles. The molecule has 1 aliphatic heterocycles. The van der Waals surface area contributed by atoms with Gasteiger partial charge in [0, 0.05) is 25.8 Å². The average molecular weight is 265 g/mol. The summed E-state index contributed by atoms with van der Waals surface area (Å²) in [5.74, 6) is 0.103. The van der Waals surface area contributed by atoms with Crippen molar-refractivity contribution >= 4 is 5.91 Å². The first kappa shape index (κ1) is 14.0. The summed E-state index contributed by atoms with van der Waals surface area (Å²) in [4.78, 5) is 14.0. The molecule has 0 aromatic carbocycles. The maximum Gasteiger partial charge on any atom is 0.234 e. The maximum atomic E-state index is 11.8. The van der Waals surface area contributed by atoms with Crippen molar-refractivity contribution in [3.8, 4) is 0 Å². The first-order valence-electron chi connectivity index (χ1n) is 6.93. The fourth-order valence-corrected chi connectivity index (χ4v) is 2.22. The van der Waals surface area contributed by atoms with Gasteiger partial charge in [-0.1, -0.05) is 0 Å². The van der Waals surface area contributed by atoms with Crippen LogP contribution in [0.1, 0.15) is 12.0 Å². The highest BCUT2D eigenvalue weighted by molar-refractivity contribution is 5.77. The quantitative estimate of drug-likeness (QED) is 0.761. The van der Waals surface area contributed by atoms with E-state index in [4.69, 9.17) is 0 Å². The van der Waals surface area contributed by atoms with Gasteiger partial charge in [0.25, 0.3) is 0 Å². The van der Waals surface area contributed by atoms with Crippen LogP contribution in [-0.2, 0) is 11.3 Å². The lowest BCUT2D eigenvalue weighted by atomic mass is 10.4. The molecule has 0 atom stereocenters. The van der Waals surface area contributed by atoms with Crippen LogP contribution in [0.4, 0.5) is 0 Å². The highest BCUT2D eigenvalue weighted by atomic mass is 16.2. The average Bonchev–Trinajstić information content (AvgIpc) is 2.63. The Bertz CT molecular complexity index is 395. The fraction of sp³-hybridized carbons (Fsp3) is 0.692. The number of rotatable bonds is 5. The minimum absolute atomic E-state index is 0.103. The fourth-order valence-electron chi connectivity index (χ4n) is 2.22. The van der Waals surface area contributed by atoms with Gasteiger partial charge in [-0.3, -0.25) is 14.4 Å². The zero-order valence-electron chi connectivity index (χ0n) is 11.6. The number of hydrogen-bond donors (Lipinski definition) is 2. The van der Waals surface area contributed by atoms with Crippen LogP contribution in [-0.4, -0.2) is 59.9 Å². The molecule has 2 N–H and O–H groups in total. The second kappa shape index (κ2) is 7.25. The van der Waals surface area contributed by atoms with Gasteiger partial charge in [-0.15, -0.1) is 0 Å². The molecule has 0 aliphatic carbocycles. The molecule has 0 spiro atoms. The van der Waals surface area contributed by atoms with E-state index >= 15 is 0 Å². The van der Waals surface area contributed by atoms with Crippen LogP contribution in [0.5, 0.6) is 0 Å². The van der Waals surface area contributed by atoms with Crippen molar-refractivity contribution < 1.29 is 4.79 Å². The molecule has 1 aliphatic rings. The summed E-state index contributed by atoms with van der Waals surface area (Å²) < 4.78 is 1.85. The molecule has 2 heterocycles. The van der Waals surface area contributed by atoms with Gasteiger partial charge in [0.2, 0.25) is 5.91 Å². The Morgan fingerprint density at radius 2 is 2.37 bits per heavy atom. The summed E-state index contributed by atoms with van der Waals surface area (Å²) in [7, 11) is 0. The summed E-state index contributed by atoms with van der Waals surface area (Å²) in [6, 6.07) is 0. The number of aryl methyl sites for hydroxylation is 1. The number of nitrogens with one attached hydrogen (secondary N) is 2. The SMILES string of the molecule is Cc1cnn(CCNC(=O)CN2CCCNCC2)c1. The molecule has 0 saturated carbocycles. The van der Waals surface area contributed by atoms with E-state index in [0.717, 1.165) is 44.7 Å². The summed E-state index contributed by atoms with van der Waals surface area (Å²) in [5, 5.41) is 10.5. The van der Waals surface area contributed by atoms with E-state index in [2.05, 4.69) is 20.6 Å². The van der Waals surface area contributed by atoms with Gasteiger partial charge >= 0.3 is 0 Å². The van der Waals surface area contributed by atoms with Gasteiger partial charge in [-0.05, 0) is 32.0 Å². The monoisotopic (exact) mass is 265 g/mol. The smallest absolute Gasteiger partial charge is 0.234 e. The van der Waals surface area contributed by atoms with Crippen molar-refractivity contribution in [2.24, 2.45) is 0 Å². The van der Waals surface area contributed by atoms with E-state index in [-0.39, 0.29) is 5.91 Å². The topological polar surface area (TPSA) is 62.2 Å². The van der Waals surface area contributed by atoms with Crippen molar-refractivity contribution in [1.82, 2.24) is 25.3 Å². The Morgan fingerprint density at radius 3 is 3.16 bits per heavy atom. The summed E-state index contributed by atoms with van der Waals surface area (Å²) in [5.41, 5.74) is 1.14. The number of aromatic nitrogens is 2. The van der Waals surface area contributed by atoms with E-state index in [1.54, 1.807) is 0 Å². The summed E-state index contributed by atoms with van der Waals surface area (Å²) in [6.45, 7) is 7.84. The van der Waals surface area contributed by atoms with Crippen LogP contribution >= 0.6 is 0 Å². The van der Waals surface area contributed by atoms with E-state index in [1.807, 2.05) is 24.0 Å². The van der Waals surface area contributed by atoms with Crippen LogP contribution in [0.15, 0.2) is 12.4 Å².